The van der Waals surface area contributed by atoms with Crippen LogP contribution < -0.4 is 19.5 Å². The van der Waals surface area contributed by atoms with Crippen molar-refractivity contribution in [3.05, 3.63) is 76.3 Å². The van der Waals surface area contributed by atoms with Gasteiger partial charge < -0.3 is 14.8 Å². The number of carbonyl (C=O) groups is 1. The highest BCUT2D eigenvalue weighted by atomic mass is 35.5. The topological polar surface area (TPSA) is 93.7 Å². The third-order valence-corrected chi connectivity index (χ3v) is 6.53. The van der Waals surface area contributed by atoms with E-state index < -0.39 is 10.0 Å². The van der Waals surface area contributed by atoms with Crippen molar-refractivity contribution in [1.82, 2.24) is 0 Å². The monoisotopic (exact) mass is 488 g/mol. The second kappa shape index (κ2) is 10.1. The average Bonchev–Trinajstić information content (AvgIpc) is 2.75. The number of sulfonamides is 1. The van der Waals surface area contributed by atoms with Crippen LogP contribution in [0.4, 0.5) is 11.4 Å². The van der Waals surface area contributed by atoms with E-state index in [0.717, 1.165) is 22.4 Å². The minimum atomic E-state index is -3.87. The van der Waals surface area contributed by atoms with Crippen molar-refractivity contribution in [2.24, 2.45) is 0 Å². The zero-order valence-electron chi connectivity index (χ0n) is 18.7. The first kappa shape index (κ1) is 24.4. The first-order chi connectivity index (χ1) is 15.6. The normalized spacial score (nSPS) is 11.1. The number of amides is 1. The summed E-state index contributed by atoms with van der Waals surface area (Å²) in [7, 11) is -2.34. The van der Waals surface area contributed by atoms with Gasteiger partial charge in [-0.15, -0.1) is 0 Å². The van der Waals surface area contributed by atoms with E-state index in [9.17, 15) is 13.2 Å². The van der Waals surface area contributed by atoms with E-state index in [1.807, 2.05) is 32.9 Å². The smallest absolute Gasteiger partial charge is 0.262 e. The van der Waals surface area contributed by atoms with E-state index in [0.29, 0.717) is 11.4 Å². The average molecular weight is 489 g/mol. The van der Waals surface area contributed by atoms with Gasteiger partial charge in [0.05, 0.1) is 17.0 Å². The van der Waals surface area contributed by atoms with E-state index in [1.165, 1.54) is 25.3 Å². The molecule has 174 valence electrons. The Bertz CT molecular complexity index is 1250. The molecule has 0 saturated heterocycles. The van der Waals surface area contributed by atoms with Crippen LogP contribution >= 0.6 is 11.6 Å². The highest BCUT2D eigenvalue weighted by molar-refractivity contribution is 7.92. The van der Waals surface area contributed by atoms with Crippen LogP contribution in [0.1, 0.15) is 16.7 Å². The van der Waals surface area contributed by atoms with E-state index in [2.05, 4.69) is 10.0 Å². The molecule has 0 fully saturated rings. The molecule has 0 radical (unpaired) electrons. The van der Waals surface area contributed by atoms with Crippen LogP contribution in [0.15, 0.2) is 59.5 Å². The third-order valence-electron chi connectivity index (χ3n) is 4.86. The van der Waals surface area contributed by atoms with Gasteiger partial charge in [-0.2, -0.15) is 0 Å². The quantitative estimate of drug-likeness (QED) is 0.460. The number of benzene rings is 3. The summed E-state index contributed by atoms with van der Waals surface area (Å²) in [5, 5.41) is 2.92. The van der Waals surface area contributed by atoms with Gasteiger partial charge in [0, 0.05) is 11.4 Å². The van der Waals surface area contributed by atoms with Crippen LogP contribution in [0.2, 0.25) is 5.02 Å². The highest BCUT2D eigenvalue weighted by Crippen LogP contribution is 2.29. The molecule has 0 aliphatic carbocycles. The number of hydrogen-bond donors (Lipinski definition) is 2. The Morgan fingerprint density at radius 1 is 0.970 bits per heavy atom. The molecule has 0 unspecified atom stereocenters. The van der Waals surface area contributed by atoms with E-state index in [1.54, 1.807) is 24.3 Å². The predicted molar refractivity (Wildman–Crippen MR) is 130 cm³/mol. The molecule has 0 atom stereocenters. The Hall–Kier alpha value is -3.23. The molecule has 3 aromatic carbocycles. The van der Waals surface area contributed by atoms with Crippen molar-refractivity contribution in [3.63, 3.8) is 0 Å². The molecule has 2 N–H and O–H groups in total. The maximum atomic E-state index is 12.7. The molecular formula is C24H25ClN2O5S. The summed E-state index contributed by atoms with van der Waals surface area (Å²) in [6, 6.07) is 14.5. The zero-order chi connectivity index (χ0) is 24.2. The second-order valence-electron chi connectivity index (χ2n) is 7.54. The van der Waals surface area contributed by atoms with Crippen LogP contribution in [0.3, 0.4) is 0 Å². The van der Waals surface area contributed by atoms with Gasteiger partial charge in [0.25, 0.3) is 15.9 Å². The predicted octanol–water partition coefficient (Wildman–Crippen LogP) is 5.09. The van der Waals surface area contributed by atoms with Gasteiger partial charge >= 0.3 is 0 Å². The van der Waals surface area contributed by atoms with Crippen molar-refractivity contribution >= 4 is 38.9 Å². The van der Waals surface area contributed by atoms with Crippen LogP contribution in [0.5, 0.6) is 11.5 Å². The lowest BCUT2D eigenvalue weighted by Crippen LogP contribution is -2.21. The van der Waals surface area contributed by atoms with E-state index >= 15 is 0 Å². The van der Waals surface area contributed by atoms with Gasteiger partial charge in [-0.25, -0.2) is 8.42 Å². The Morgan fingerprint density at radius 3 is 2.18 bits per heavy atom. The maximum Gasteiger partial charge on any atom is 0.262 e. The van der Waals surface area contributed by atoms with Gasteiger partial charge in [0.15, 0.2) is 6.61 Å². The third kappa shape index (κ3) is 6.18. The number of ether oxygens (including phenoxy) is 2. The Labute approximate surface area is 198 Å². The molecule has 0 spiro atoms. The number of hydrogen-bond acceptors (Lipinski definition) is 5. The van der Waals surface area contributed by atoms with Gasteiger partial charge in [-0.1, -0.05) is 29.3 Å². The molecule has 33 heavy (non-hydrogen) atoms. The molecule has 0 saturated carbocycles. The SMILES string of the molecule is COc1ccc(NS(=O)(=O)c2ccc(OCC(=O)Nc3c(C)cc(C)cc3C)c(Cl)c2)cc1. The van der Waals surface area contributed by atoms with E-state index in [-0.39, 0.29) is 28.2 Å². The lowest BCUT2D eigenvalue weighted by Gasteiger charge is -2.14. The van der Waals surface area contributed by atoms with Gasteiger partial charge in [-0.3, -0.25) is 9.52 Å². The summed E-state index contributed by atoms with van der Waals surface area (Å²) in [6.45, 7) is 5.56. The Morgan fingerprint density at radius 2 is 1.61 bits per heavy atom. The van der Waals surface area contributed by atoms with Crippen molar-refractivity contribution in [3.8, 4) is 11.5 Å². The summed E-state index contributed by atoms with van der Waals surface area (Å²) < 4.78 is 38.4. The molecular weight excluding hydrogens is 464 g/mol. The Balaban J connectivity index is 1.65. The minimum Gasteiger partial charge on any atom is -0.497 e. The molecule has 0 aromatic heterocycles. The standard InChI is InChI=1S/C24H25ClN2O5S/c1-15-11-16(2)24(17(3)12-15)26-23(28)14-32-22-10-9-20(13-21(22)25)33(29,30)27-18-5-7-19(31-4)8-6-18/h5-13,27H,14H2,1-4H3,(H,26,28). The minimum absolute atomic E-state index is 0.0361. The van der Waals surface area contributed by atoms with Crippen LogP contribution in [-0.4, -0.2) is 28.0 Å². The van der Waals surface area contributed by atoms with Gasteiger partial charge in [0.2, 0.25) is 0 Å². The lowest BCUT2D eigenvalue weighted by atomic mass is 10.1. The molecule has 0 aliphatic heterocycles. The number of nitrogens with one attached hydrogen (secondary N) is 2. The first-order valence-electron chi connectivity index (χ1n) is 10.1. The van der Waals surface area contributed by atoms with E-state index in [4.69, 9.17) is 21.1 Å². The summed E-state index contributed by atoms with van der Waals surface area (Å²) in [4.78, 5) is 12.3. The Kier molecular flexibility index (Phi) is 7.50. The fourth-order valence-corrected chi connectivity index (χ4v) is 4.72. The number of rotatable bonds is 8. The molecule has 1 amide bonds. The highest BCUT2D eigenvalue weighted by Gasteiger charge is 2.17. The molecule has 9 heteroatoms. The number of aryl methyl sites for hydroxylation is 3. The lowest BCUT2D eigenvalue weighted by molar-refractivity contribution is -0.118. The zero-order valence-corrected chi connectivity index (χ0v) is 20.3. The summed E-state index contributed by atoms with van der Waals surface area (Å²) in [5.74, 6) is 0.464. The van der Waals surface area contributed by atoms with Crippen molar-refractivity contribution in [2.45, 2.75) is 25.7 Å². The summed E-state index contributed by atoms with van der Waals surface area (Å²) in [6.07, 6.45) is 0. The largest absolute Gasteiger partial charge is 0.497 e. The van der Waals surface area contributed by atoms with Crippen LogP contribution in [0, 0.1) is 20.8 Å². The molecule has 0 aliphatic rings. The van der Waals surface area contributed by atoms with Crippen molar-refractivity contribution < 1.29 is 22.7 Å². The second-order valence-corrected chi connectivity index (χ2v) is 9.63. The number of methoxy groups -OCH3 is 1. The molecule has 0 bridgehead atoms. The number of halogens is 1. The molecule has 0 heterocycles. The molecule has 3 rings (SSSR count). The summed E-state index contributed by atoms with van der Waals surface area (Å²) >= 11 is 6.22. The summed E-state index contributed by atoms with van der Waals surface area (Å²) in [5.41, 5.74) is 4.15. The number of carbonyl (C=O) groups excluding carboxylic acids is 1. The van der Waals surface area contributed by atoms with Crippen LogP contribution in [0.25, 0.3) is 0 Å². The fraction of sp³-hybridized carbons (Fsp3) is 0.208. The van der Waals surface area contributed by atoms with Crippen LogP contribution in [-0.2, 0) is 14.8 Å². The molecule has 7 nitrogen and oxygen atoms in total. The number of anilines is 2. The maximum absolute atomic E-state index is 12.7. The van der Waals surface area contributed by atoms with Crippen molar-refractivity contribution in [1.29, 1.82) is 0 Å². The first-order valence-corrected chi connectivity index (χ1v) is 11.9. The molecule has 3 aromatic rings. The van der Waals surface area contributed by atoms with Gasteiger partial charge in [-0.05, 0) is 74.4 Å². The van der Waals surface area contributed by atoms with Gasteiger partial charge in [0.1, 0.15) is 11.5 Å². The van der Waals surface area contributed by atoms with Crippen molar-refractivity contribution in [2.75, 3.05) is 23.8 Å². The fourth-order valence-electron chi connectivity index (χ4n) is 3.33.